The largest absolute Gasteiger partial charge is 0.508 e. The lowest BCUT2D eigenvalue weighted by atomic mass is 10.1. The molecule has 24 heavy (non-hydrogen) atoms. The highest BCUT2D eigenvalue weighted by Gasteiger charge is 2.13. The van der Waals surface area contributed by atoms with Gasteiger partial charge in [-0.15, -0.1) is 0 Å². The number of aromatic nitrogens is 3. The van der Waals surface area contributed by atoms with Crippen molar-refractivity contribution in [3.63, 3.8) is 0 Å². The number of nitrogens with one attached hydrogen (secondary N) is 1. The van der Waals surface area contributed by atoms with E-state index in [1.54, 1.807) is 28.8 Å². The monoisotopic (exact) mass is 326 g/mol. The molecule has 1 aromatic carbocycles. The summed E-state index contributed by atoms with van der Waals surface area (Å²) in [6.07, 6.45) is 0.145. The van der Waals surface area contributed by atoms with Gasteiger partial charge < -0.3 is 15.5 Å². The Hall–Kier alpha value is -2.60. The van der Waals surface area contributed by atoms with Gasteiger partial charge >= 0.3 is 0 Å². The zero-order valence-electron chi connectivity index (χ0n) is 14.1. The summed E-state index contributed by atoms with van der Waals surface area (Å²) < 4.78 is 1.79. The maximum absolute atomic E-state index is 10.3. The standard InChI is InChI=1S/C18H22N4O2/c1-4-14-9-17(22-18(20-14)11(2)12(3)21-22)19-10-16(24)13-5-7-15(23)8-6-13/h5-9,16,19,23-24H,4,10H2,1-3H3. The third kappa shape index (κ3) is 3.05. The zero-order valence-corrected chi connectivity index (χ0v) is 14.1. The molecule has 1 unspecified atom stereocenters. The van der Waals surface area contributed by atoms with Crippen molar-refractivity contribution < 1.29 is 10.2 Å². The fourth-order valence-electron chi connectivity index (χ4n) is 2.60. The van der Waals surface area contributed by atoms with E-state index in [2.05, 4.69) is 22.3 Å². The number of nitrogens with zero attached hydrogens (tertiary/aromatic N) is 3. The molecular weight excluding hydrogens is 304 g/mol. The van der Waals surface area contributed by atoms with Gasteiger partial charge in [-0.05, 0) is 38.0 Å². The van der Waals surface area contributed by atoms with Crippen molar-refractivity contribution in [1.29, 1.82) is 0 Å². The summed E-state index contributed by atoms with van der Waals surface area (Å²) in [7, 11) is 0. The van der Waals surface area contributed by atoms with Crippen LogP contribution >= 0.6 is 0 Å². The number of rotatable bonds is 5. The molecule has 3 aromatic rings. The molecule has 0 amide bonds. The van der Waals surface area contributed by atoms with E-state index in [1.807, 2.05) is 19.9 Å². The number of benzene rings is 1. The Morgan fingerprint density at radius 3 is 2.58 bits per heavy atom. The molecular formula is C18H22N4O2. The van der Waals surface area contributed by atoms with Crippen molar-refractivity contribution >= 4 is 11.5 Å². The first-order chi connectivity index (χ1) is 11.5. The Labute approximate surface area is 140 Å². The molecule has 0 radical (unpaired) electrons. The summed E-state index contributed by atoms with van der Waals surface area (Å²) in [4.78, 5) is 4.64. The van der Waals surface area contributed by atoms with Gasteiger partial charge in [0.2, 0.25) is 0 Å². The molecule has 3 N–H and O–H groups in total. The van der Waals surface area contributed by atoms with Crippen molar-refractivity contribution in [3.05, 3.63) is 52.8 Å². The van der Waals surface area contributed by atoms with E-state index in [9.17, 15) is 10.2 Å². The third-order valence-corrected chi connectivity index (χ3v) is 4.23. The molecule has 1 atom stereocenters. The van der Waals surface area contributed by atoms with E-state index < -0.39 is 6.10 Å². The summed E-state index contributed by atoms with van der Waals surface area (Å²) in [5, 5.41) is 27.5. The van der Waals surface area contributed by atoms with E-state index in [-0.39, 0.29) is 5.75 Å². The maximum atomic E-state index is 10.3. The van der Waals surface area contributed by atoms with E-state index in [4.69, 9.17) is 0 Å². The van der Waals surface area contributed by atoms with Crippen LogP contribution in [0.3, 0.4) is 0 Å². The molecule has 0 fully saturated rings. The van der Waals surface area contributed by atoms with Crippen LogP contribution in [-0.2, 0) is 6.42 Å². The molecule has 126 valence electrons. The number of hydrogen-bond acceptors (Lipinski definition) is 5. The zero-order chi connectivity index (χ0) is 17.3. The number of aliphatic hydroxyl groups excluding tert-OH is 1. The maximum Gasteiger partial charge on any atom is 0.160 e. The van der Waals surface area contributed by atoms with Crippen LogP contribution < -0.4 is 5.32 Å². The van der Waals surface area contributed by atoms with Crippen LogP contribution in [0, 0.1) is 13.8 Å². The van der Waals surface area contributed by atoms with Crippen LogP contribution in [0.25, 0.3) is 5.65 Å². The van der Waals surface area contributed by atoms with Crippen molar-refractivity contribution in [3.8, 4) is 5.75 Å². The number of fused-ring (bicyclic) bond motifs is 1. The Morgan fingerprint density at radius 1 is 1.21 bits per heavy atom. The fourth-order valence-corrected chi connectivity index (χ4v) is 2.60. The topological polar surface area (TPSA) is 82.7 Å². The number of hydrogen-bond donors (Lipinski definition) is 3. The molecule has 0 aliphatic heterocycles. The average Bonchev–Trinajstić information content (AvgIpc) is 2.88. The van der Waals surface area contributed by atoms with Crippen LogP contribution in [0.2, 0.25) is 0 Å². The van der Waals surface area contributed by atoms with Crippen molar-refractivity contribution in [2.75, 3.05) is 11.9 Å². The van der Waals surface area contributed by atoms with Gasteiger partial charge in [0.05, 0.1) is 11.8 Å². The minimum Gasteiger partial charge on any atom is -0.508 e. The first-order valence-electron chi connectivity index (χ1n) is 8.06. The van der Waals surface area contributed by atoms with Gasteiger partial charge in [0.25, 0.3) is 0 Å². The van der Waals surface area contributed by atoms with Gasteiger partial charge in [0, 0.05) is 23.9 Å². The molecule has 0 aliphatic carbocycles. The van der Waals surface area contributed by atoms with Crippen LogP contribution in [0.4, 0.5) is 5.82 Å². The second kappa shape index (κ2) is 6.49. The molecule has 0 aliphatic rings. The van der Waals surface area contributed by atoms with Crippen LogP contribution in [0.5, 0.6) is 5.75 Å². The number of aryl methyl sites for hydroxylation is 3. The molecule has 3 rings (SSSR count). The lowest BCUT2D eigenvalue weighted by Crippen LogP contribution is -2.15. The second-order valence-electron chi connectivity index (χ2n) is 5.92. The van der Waals surface area contributed by atoms with Crippen molar-refractivity contribution in [2.45, 2.75) is 33.3 Å². The summed E-state index contributed by atoms with van der Waals surface area (Å²) in [6.45, 7) is 6.38. The van der Waals surface area contributed by atoms with Crippen molar-refractivity contribution in [2.24, 2.45) is 0 Å². The summed E-state index contributed by atoms with van der Waals surface area (Å²) in [6, 6.07) is 8.52. The second-order valence-corrected chi connectivity index (χ2v) is 5.92. The van der Waals surface area contributed by atoms with Gasteiger partial charge in [-0.25, -0.2) is 4.98 Å². The van der Waals surface area contributed by atoms with Gasteiger partial charge in [0.1, 0.15) is 11.6 Å². The van der Waals surface area contributed by atoms with Crippen LogP contribution in [0.1, 0.15) is 35.5 Å². The number of anilines is 1. The van der Waals surface area contributed by atoms with Crippen molar-refractivity contribution in [1.82, 2.24) is 14.6 Å². The molecule has 6 heteroatoms. The molecule has 0 saturated heterocycles. The third-order valence-electron chi connectivity index (χ3n) is 4.23. The molecule has 2 aromatic heterocycles. The SMILES string of the molecule is CCc1cc(NCC(O)c2ccc(O)cc2)n2nc(C)c(C)c2n1. The minimum atomic E-state index is -0.684. The number of phenolic OH excluding ortho intramolecular Hbond substituents is 1. The first-order valence-corrected chi connectivity index (χ1v) is 8.06. The van der Waals surface area contributed by atoms with Gasteiger partial charge in [0.15, 0.2) is 5.65 Å². The lowest BCUT2D eigenvalue weighted by molar-refractivity contribution is 0.191. The molecule has 0 saturated carbocycles. The summed E-state index contributed by atoms with van der Waals surface area (Å²) >= 11 is 0. The van der Waals surface area contributed by atoms with E-state index in [0.29, 0.717) is 6.54 Å². The highest BCUT2D eigenvalue weighted by Crippen LogP contribution is 2.21. The highest BCUT2D eigenvalue weighted by atomic mass is 16.3. The summed E-state index contributed by atoms with van der Waals surface area (Å²) in [5.41, 5.74) is 4.57. The van der Waals surface area contributed by atoms with E-state index in [1.165, 1.54) is 0 Å². The predicted molar refractivity (Wildman–Crippen MR) is 93.4 cm³/mol. The predicted octanol–water partition coefficient (Wildman–Crippen LogP) is 2.76. The highest BCUT2D eigenvalue weighted by molar-refractivity contribution is 5.56. The minimum absolute atomic E-state index is 0.185. The Balaban J connectivity index is 1.86. The van der Waals surface area contributed by atoms with Gasteiger partial charge in [-0.2, -0.15) is 9.61 Å². The molecule has 6 nitrogen and oxygen atoms in total. The fraction of sp³-hybridized carbons (Fsp3) is 0.333. The average molecular weight is 326 g/mol. The Morgan fingerprint density at radius 2 is 1.92 bits per heavy atom. The summed E-state index contributed by atoms with van der Waals surface area (Å²) in [5.74, 6) is 0.996. The first kappa shape index (κ1) is 16.3. The van der Waals surface area contributed by atoms with Crippen LogP contribution in [0.15, 0.2) is 30.3 Å². The molecule has 0 spiro atoms. The normalized spacial score (nSPS) is 12.5. The Bertz CT molecular complexity index is 856. The Kier molecular flexibility index (Phi) is 4.40. The number of phenols is 1. The smallest absolute Gasteiger partial charge is 0.160 e. The lowest BCUT2D eigenvalue weighted by Gasteiger charge is -2.15. The van der Waals surface area contributed by atoms with E-state index in [0.717, 1.165) is 40.4 Å². The van der Waals surface area contributed by atoms with Gasteiger partial charge in [-0.3, -0.25) is 0 Å². The van der Waals surface area contributed by atoms with Gasteiger partial charge in [-0.1, -0.05) is 19.1 Å². The van der Waals surface area contributed by atoms with E-state index >= 15 is 0 Å². The molecule has 2 heterocycles. The molecule has 0 bridgehead atoms. The van der Waals surface area contributed by atoms with Crippen LogP contribution in [-0.4, -0.2) is 31.4 Å². The number of aromatic hydroxyl groups is 1. The number of aliphatic hydroxyl groups is 1. The quantitative estimate of drug-likeness (QED) is 0.671.